The number of hydrogen-bond acceptors (Lipinski definition) is 0. The normalized spacial score (nSPS) is 23.1. The fourth-order valence-corrected chi connectivity index (χ4v) is 4.90. The molecule has 0 saturated heterocycles. The summed E-state index contributed by atoms with van der Waals surface area (Å²) in [6.45, 7) is 0. The van der Waals surface area contributed by atoms with Crippen molar-refractivity contribution in [2.24, 2.45) is 0 Å². The Morgan fingerprint density at radius 1 is 0.923 bits per heavy atom. The molecule has 2 aromatic rings. The molecule has 0 radical (unpaired) electrons. The molecule has 0 heterocycles. The number of aryl methyl sites for hydroxylation is 1. The molecule has 0 bridgehead atoms. The molecule has 5 rings (SSSR count). The lowest BCUT2D eigenvalue weighted by atomic mass is 9.66. The summed E-state index contributed by atoms with van der Waals surface area (Å²) < 4.78 is 28.7. The first kappa shape index (κ1) is 15.7. The van der Waals surface area contributed by atoms with Crippen molar-refractivity contribution in [3.05, 3.63) is 93.4 Å². The second-order valence-electron chi connectivity index (χ2n) is 7.48. The summed E-state index contributed by atoms with van der Waals surface area (Å²) in [4.78, 5) is 0. The molecule has 0 amide bonds. The third kappa shape index (κ3) is 2.11. The van der Waals surface area contributed by atoms with Crippen LogP contribution in [0.1, 0.15) is 36.0 Å². The van der Waals surface area contributed by atoms with E-state index < -0.39 is 17.0 Å². The molecule has 2 heteroatoms. The number of allylic oxidation sites excluding steroid dienone is 4. The van der Waals surface area contributed by atoms with Crippen LogP contribution in [0, 0.1) is 11.6 Å². The van der Waals surface area contributed by atoms with Crippen LogP contribution in [0.15, 0.2) is 54.6 Å². The molecule has 1 unspecified atom stereocenters. The monoisotopic (exact) mass is 346 g/mol. The van der Waals surface area contributed by atoms with E-state index in [-0.39, 0.29) is 0 Å². The van der Waals surface area contributed by atoms with Crippen LogP contribution in [0.3, 0.4) is 0 Å². The Bertz CT molecular complexity index is 1090. The second-order valence-corrected chi connectivity index (χ2v) is 7.48. The molecule has 0 fully saturated rings. The first-order valence-electron chi connectivity index (χ1n) is 9.37. The van der Waals surface area contributed by atoms with Crippen LogP contribution in [-0.2, 0) is 18.3 Å². The Balaban J connectivity index is 1.84. The molecule has 3 aliphatic rings. The van der Waals surface area contributed by atoms with Gasteiger partial charge >= 0.3 is 0 Å². The average molecular weight is 346 g/mol. The number of halogens is 2. The molecule has 3 aliphatic carbocycles. The fourth-order valence-electron chi connectivity index (χ4n) is 4.90. The highest BCUT2D eigenvalue weighted by molar-refractivity contribution is 5.78. The third-order valence-electron chi connectivity index (χ3n) is 6.16. The highest BCUT2D eigenvalue weighted by Gasteiger charge is 2.38. The van der Waals surface area contributed by atoms with Crippen LogP contribution in [0.2, 0.25) is 0 Å². The Labute approximate surface area is 151 Å². The van der Waals surface area contributed by atoms with Gasteiger partial charge in [-0.1, -0.05) is 54.6 Å². The van der Waals surface area contributed by atoms with Gasteiger partial charge in [-0.05, 0) is 65.3 Å². The number of rotatable bonds is 1. The van der Waals surface area contributed by atoms with Gasteiger partial charge in [-0.3, -0.25) is 0 Å². The maximum atomic E-state index is 14.7. The zero-order chi connectivity index (χ0) is 17.7. The maximum absolute atomic E-state index is 14.7. The summed E-state index contributed by atoms with van der Waals surface area (Å²) in [5.41, 5.74) is 3.78. The van der Waals surface area contributed by atoms with Gasteiger partial charge in [0.2, 0.25) is 0 Å². The molecule has 0 spiro atoms. The van der Waals surface area contributed by atoms with E-state index in [1.54, 1.807) is 12.1 Å². The van der Waals surface area contributed by atoms with Crippen LogP contribution in [0.4, 0.5) is 8.78 Å². The van der Waals surface area contributed by atoms with Crippen molar-refractivity contribution in [2.75, 3.05) is 0 Å². The van der Waals surface area contributed by atoms with Crippen molar-refractivity contribution in [3.63, 3.8) is 0 Å². The van der Waals surface area contributed by atoms with Crippen LogP contribution in [0.25, 0.3) is 11.6 Å². The lowest BCUT2D eigenvalue weighted by Gasteiger charge is -2.36. The van der Waals surface area contributed by atoms with Gasteiger partial charge in [0.15, 0.2) is 11.6 Å². The highest BCUT2D eigenvalue weighted by atomic mass is 19.2. The smallest absolute Gasteiger partial charge is 0.163 e. The van der Waals surface area contributed by atoms with Crippen LogP contribution in [0.5, 0.6) is 0 Å². The van der Waals surface area contributed by atoms with Crippen LogP contribution >= 0.6 is 0 Å². The van der Waals surface area contributed by atoms with Gasteiger partial charge in [-0.15, -0.1) is 0 Å². The molecular weight excluding hydrogens is 326 g/mol. The molecule has 1 atom stereocenters. The van der Waals surface area contributed by atoms with Gasteiger partial charge in [0, 0.05) is 11.0 Å². The van der Waals surface area contributed by atoms with E-state index >= 15 is 0 Å². The summed E-state index contributed by atoms with van der Waals surface area (Å²) in [5.74, 6) is -1.52. The summed E-state index contributed by atoms with van der Waals surface area (Å²) >= 11 is 0. The first-order chi connectivity index (χ1) is 12.7. The second kappa shape index (κ2) is 5.77. The van der Waals surface area contributed by atoms with E-state index in [1.165, 1.54) is 40.5 Å². The Morgan fingerprint density at radius 2 is 1.81 bits per heavy atom. The number of hydrogen-bond donors (Lipinski definition) is 0. The number of benzene rings is 2. The topological polar surface area (TPSA) is 0 Å². The van der Waals surface area contributed by atoms with E-state index in [2.05, 4.69) is 24.3 Å². The van der Waals surface area contributed by atoms with Gasteiger partial charge in [0.05, 0.1) is 0 Å². The van der Waals surface area contributed by atoms with E-state index in [0.717, 1.165) is 18.4 Å². The van der Waals surface area contributed by atoms with Gasteiger partial charge in [0.1, 0.15) is 0 Å². The van der Waals surface area contributed by atoms with Crippen molar-refractivity contribution in [1.29, 1.82) is 0 Å². The highest BCUT2D eigenvalue weighted by Crippen LogP contribution is 2.43. The zero-order valence-corrected chi connectivity index (χ0v) is 14.6. The van der Waals surface area contributed by atoms with Crippen molar-refractivity contribution < 1.29 is 8.78 Å². The maximum Gasteiger partial charge on any atom is 0.163 e. The largest absolute Gasteiger partial charge is 0.204 e. The van der Waals surface area contributed by atoms with Crippen molar-refractivity contribution in [1.82, 2.24) is 0 Å². The minimum atomic E-state index is -0.782. The molecule has 0 aromatic heterocycles. The van der Waals surface area contributed by atoms with Crippen LogP contribution in [-0.4, -0.2) is 0 Å². The van der Waals surface area contributed by atoms with Crippen molar-refractivity contribution in [2.45, 2.75) is 37.5 Å². The molecule has 130 valence electrons. The van der Waals surface area contributed by atoms with Gasteiger partial charge in [-0.2, -0.15) is 0 Å². The van der Waals surface area contributed by atoms with Gasteiger partial charge in [-0.25, -0.2) is 8.78 Å². The lowest BCUT2D eigenvalue weighted by molar-refractivity contribution is 0.484. The molecule has 0 N–H and O–H groups in total. The number of fused-ring (bicyclic) bond motifs is 4. The standard InChI is InChI=1S/C24H20F2/c25-22-10-5-9-21(23(22)26)24-14-4-3-8-20(24)19-12-11-16-6-1-2-7-17(16)18(19)13-15-24/h3-5,8-14H,1-2,6-7,15H2. The lowest BCUT2D eigenvalue weighted by Crippen LogP contribution is -2.43. The Hall–Kier alpha value is -2.48. The fraction of sp³-hybridized carbons (Fsp3) is 0.250. The zero-order valence-electron chi connectivity index (χ0n) is 14.6. The van der Waals surface area contributed by atoms with E-state index in [1.807, 2.05) is 18.2 Å². The molecule has 0 aliphatic heterocycles. The van der Waals surface area contributed by atoms with Crippen molar-refractivity contribution in [3.8, 4) is 0 Å². The SMILES string of the molecule is Fc1cccc(C23C=CC=CC2=c2ccc4c(c2=CC3)CCCC4)c1F. The minimum absolute atomic E-state index is 0.424. The van der Waals surface area contributed by atoms with Crippen molar-refractivity contribution >= 4 is 11.6 Å². The molecule has 0 nitrogen and oxygen atoms in total. The van der Waals surface area contributed by atoms with Crippen LogP contribution < -0.4 is 10.4 Å². The molecule has 26 heavy (non-hydrogen) atoms. The van der Waals surface area contributed by atoms with E-state index in [0.29, 0.717) is 12.0 Å². The summed E-state index contributed by atoms with van der Waals surface area (Å²) in [6, 6.07) is 8.93. The Morgan fingerprint density at radius 3 is 2.73 bits per heavy atom. The first-order valence-corrected chi connectivity index (χ1v) is 9.37. The third-order valence-corrected chi connectivity index (χ3v) is 6.16. The van der Waals surface area contributed by atoms with E-state index in [4.69, 9.17) is 0 Å². The van der Waals surface area contributed by atoms with Gasteiger partial charge < -0.3 is 0 Å². The Kier molecular flexibility index (Phi) is 3.49. The summed E-state index contributed by atoms with van der Waals surface area (Å²) in [6.07, 6.45) is 15.7. The predicted octanol–water partition coefficient (Wildman–Crippen LogP) is 4.24. The molecule has 0 saturated carbocycles. The van der Waals surface area contributed by atoms with E-state index in [9.17, 15) is 8.78 Å². The summed E-state index contributed by atoms with van der Waals surface area (Å²) in [5, 5.41) is 2.48. The molecular formula is C24H20F2. The predicted molar refractivity (Wildman–Crippen MR) is 101 cm³/mol. The molecule has 2 aromatic carbocycles. The van der Waals surface area contributed by atoms with Gasteiger partial charge in [0.25, 0.3) is 0 Å². The minimum Gasteiger partial charge on any atom is -0.204 e. The average Bonchev–Trinajstić information content (AvgIpc) is 2.69. The summed E-state index contributed by atoms with van der Waals surface area (Å²) in [7, 11) is 0. The quantitative estimate of drug-likeness (QED) is 0.724.